The van der Waals surface area contributed by atoms with Gasteiger partial charge in [-0.15, -0.1) is 5.10 Å². The lowest BCUT2D eigenvalue weighted by molar-refractivity contribution is -0.124. The molecule has 0 unspecified atom stereocenters. The van der Waals surface area contributed by atoms with Crippen molar-refractivity contribution in [2.75, 3.05) is 19.6 Å². The van der Waals surface area contributed by atoms with E-state index in [1.165, 1.54) is 0 Å². The minimum Gasteiger partial charge on any atom is -0.354 e. The quantitative estimate of drug-likeness (QED) is 0.833. The van der Waals surface area contributed by atoms with Crippen LogP contribution in [0.1, 0.15) is 5.82 Å². The first-order valence-electron chi connectivity index (χ1n) is 5.57. The van der Waals surface area contributed by atoms with Gasteiger partial charge in [-0.25, -0.2) is 9.97 Å². The Labute approximate surface area is 111 Å². The Hall–Kier alpha value is -1.54. The Morgan fingerprint density at radius 3 is 3.22 bits per heavy atom. The molecule has 8 heteroatoms. The van der Waals surface area contributed by atoms with Crippen molar-refractivity contribution in [1.29, 1.82) is 0 Å². The minimum atomic E-state index is 0.0493. The van der Waals surface area contributed by atoms with Crippen LogP contribution in [0.15, 0.2) is 17.0 Å². The number of carbonyl (C=O) groups excluding carboxylic acids is 1. The number of halogens is 1. The van der Waals surface area contributed by atoms with E-state index >= 15 is 0 Å². The van der Waals surface area contributed by atoms with Crippen LogP contribution in [0.25, 0.3) is 5.65 Å². The molecule has 1 amide bonds. The zero-order valence-corrected chi connectivity index (χ0v) is 11.1. The summed E-state index contributed by atoms with van der Waals surface area (Å²) in [5.74, 6) is 0.827. The largest absolute Gasteiger partial charge is 0.354 e. The van der Waals surface area contributed by atoms with Gasteiger partial charge in [-0.2, -0.15) is 4.52 Å². The second kappa shape index (κ2) is 4.62. The molecule has 3 rings (SSSR count). The summed E-state index contributed by atoms with van der Waals surface area (Å²) in [7, 11) is 0. The molecule has 0 aliphatic carbocycles. The molecule has 7 nitrogen and oxygen atoms in total. The van der Waals surface area contributed by atoms with Gasteiger partial charge in [0.15, 0.2) is 5.65 Å². The second-order valence-electron chi connectivity index (χ2n) is 4.07. The first kappa shape index (κ1) is 11.5. The first-order valence-corrected chi connectivity index (χ1v) is 6.37. The molecule has 0 bridgehead atoms. The van der Waals surface area contributed by atoms with E-state index in [-0.39, 0.29) is 5.91 Å². The van der Waals surface area contributed by atoms with Crippen LogP contribution in [0, 0.1) is 0 Å². The number of fused-ring (bicyclic) bond motifs is 1. The van der Waals surface area contributed by atoms with E-state index in [2.05, 4.69) is 36.3 Å². The first-order chi connectivity index (χ1) is 8.72. The minimum absolute atomic E-state index is 0.0493. The molecule has 1 N–H and O–H groups in total. The predicted octanol–water partition coefficient (Wildman–Crippen LogP) is -0.181. The summed E-state index contributed by atoms with van der Waals surface area (Å²) in [6.45, 7) is 2.48. The van der Waals surface area contributed by atoms with E-state index in [0.29, 0.717) is 24.4 Å². The van der Waals surface area contributed by atoms with Crippen molar-refractivity contribution in [3.8, 4) is 0 Å². The van der Waals surface area contributed by atoms with Crippen LogP contribution in [0.5, 0.6) is 0 Å². The normalized spacial score (nSPS) is 17.1. The standard InChI is InChI=1S/C10H11BrN6O/c11-10-14-7-1-2-12-8(17(7)15-10)5-16-4-3-13-9(18)6-16/h1-2H,3-6H2,(H,13,18). The summed E-state index contributed by atoms with van der Waals surface area (Å²) in [6, 6.07) is 1.80. The number of hydrogen-bond donors (Lipinski definition) is 1. The van der Waals surface area contributed by atoms with Crippen LogP contribution in [0.4, 0.5) is 0 Å². The Morgan fingerprint density at radius 2 is 2.39 bits per heavy atom. The van der Waals surface area contributed by atoms with Crippen LogP contribution >= 0.6 is 15.9 Å². The van der Waals surface area contributed by atoms with Crippen molar-refractivity contribution in [2.45, 2.75) is 6.54 Å². The third-order valence-corrected chi connectivity index (χ3v) is 3.12. The van der Waals surface area contributed by atoms with Crippen LogP contribution < -0.4 is 5.32 Å². The van der Waals surface area contributed by atoms with Gasteiger partial charge in [-0.1, -0.05) is 0 Å². The van der Waals surface area contributed by atoms with E-state index in [1.807, 2.05) is 4.90 Å². The molecule has 2 aromatic rings. The molecule has 1 aliphatic rings. The maximum absolute atomic E-state index is 11.3. The Kier molecular flexibility index (Phi) is 2.96. The van der Waals surface area contributed by atoms with E-state index in [9.17, 15) is 4.79 Å². The molecular formula is C10H11BrN6O. The molecule has 0 spiro atoms. The van der Waals surface area contributed by atoms with Gasteiger partial charge in [0.1, 0.15) is 5.82 Å². The molecule has 0 saturated carbocycles. The molecule has 2 aromatic heterocycles. The molecule has 3 heterocycles. The van der Waals surface area contributed by atoms with Gasteiger partial charge in [0.2, 0.25) is 10.6 Å². The fraction of sp³-hybridized carbons (Fsp3) is 0.400. The van der Waals surface area contributed by atoms with Gasteiger partial charge >= 0.3 is 0 Å². The predicted molar refractivity (Wildman–Crippen MR) is 66.8 cm³/mol. The third kappa shape index (κ3) is 2.21. The van der Waals surface area contributed by atoms with Crippen molar-refractivity contribution in [3.05, 3.63) is 22.8 Å². The Balaban J connectivity index is 1.87. The Bertz CT molecular complexity index is 597. The zero-order valence-electron chi connectivity index (χ0n) is 9.51. The fourth-order valence-corrected chi connectivity index (χ4v) is 2.31. The van der Waals surface area contributed by atoms with Crippen LogP contribution in [-0.4, -0.2) is 50.0 Å². The number of aromatic nitrogens is 4. The number of hydrogen-bond acceptors (Lipinski definition) is 5. The molecule has 1 aliphatic heterocycles. The summed E-state index contributed by atoms with van der Waals surface area (Å²) in [4.78, 5) is 21.9. The van der Waals surface area contributed by atoms with Gasteiger partial charge in [0, 0.05) is 25.4 Å². The van der Waals surface area contributed by atoms with Gasteiger partial charge in [0.05, 0.1) is 13.1 Å². The lowest BCUT2D eigenvalue weighted by atomic mass is 10.3. The van der Waals surface area contributed by atoms with Gasteiger partial charge in [-0.05, 0) is 15.9 Å². The van der Waals surface area contributed by atoms with E-state index in [0.717, 1.165) is 18.0 Å². The lowest BCUT2D eigenvalue weighted by Crippen LogP contribution is -2.47. The van der Waals surface area contributed by atoms with E-state index in [1.54, 1.807) is 16.8 Å². The van der Waals surface area contributed by atoms with Crippen molar-refractivity contribution in [2.24, 2.45) is 0 Å². The lowest BCUT2D eigenvalue weighted by Gasteiger charge is -2.25. The SMILES string of the molecule is O=C1CN(Cc2nccc3nc(Br)nn23)CCN1. The number of piperazine rings is 1. The van der Waals surface area contributed by atoms with Crippen molar-refractivity contribution in [1.82, 2.24) is 29.8 Å². The second-order valence-corrected chi connectivity index (χ2v) is 4.78. The van der Waals surface area contributed by atoms with Gasteiger partial charge in [-0.3, -0.25) is 9.69 Å². The average molecular weight is 311 g/mol. The maximum Gasteiger partial charge on any atom is 0.234 e. The fourth-order valence-electron chi connectivity index (χ4n) is 1.97. The van der Waals surface area contributed by atoms with Crippen molar-refractivity contribution < 1.29 is 4.79 Å². The van der Waals surface area contributed by atoms with Crippen LogP contribution in [-0.2, 0) is 11.3 Å². The number of rotatable bonds is 2. The molecular weight excluding hydrogens is 300 g/mol. The van der Waals surface area contributed by atoms with Gasteiger partial charge in [0.25, 0.3) is 0 Å². The summed E-state index contributed by atoms with van der Waals surface area (Å²) in [5, 5.41) is 7.03. The highest BCUT2D eigenvalue weighted by molar-refractivity contribution is 9.10. The molecule has 0 radical (unpaired) electrons. The highest BCUT2D eigenvalue weighted by Gasteiger charge is 2.18. The molecule has 0 atom stereocenters. The molecule has 18 heavy (non-hydrogen) atoms. The smallest absolute Gasteiger partial charge is 0.234 e. The van der Waals surface area contributed by atoms with Crippen LogP contribution in [0.2, 0.25) is 0 Å². The van der Waals surface area contributed by atoms with E-state index in [4.69, 9.17) is 0 Å². The maximum atomic E-state index is 11.3. The third-order valence-electron chi connectivity index (χ3n) is 2.78. The number of nitrogens with zero attached hydrogens (tertiary/aromatic N) is 5. The average Bonchev–Trinajstić information content (AvgIpc) is 2.71. The summed E-state index contributed by atoms with van der Waals surface area (Å²) >= 11 is 3.24. The molecule has 1 saturated heterocycles. The van der Waals surface area contributed by atoms with Gasteiger partial charge < -0.3 is 5.32 Å². The molecule has 94 valence electrons. The summed E-state index contributed by atoms with van der Waals surface area (Å²) in [5.41, 5.74) is 0.744. The highest BCUT2D eigenvalue weighted by Crippen LogP contribution is 2.09. The number of carbonyl (C=O) groups is 1. The highest BCUT2D eigenvalue weighted by atomic mass is 79.9. The molecule has 0 aromatic carbocycles. The summed E-state index contributed by atoms with van der Waals surface area (Å²) in [6.07, 6.45) is 1.70. The van der Waals surface area contributed by atoms with Crippen molar-refractivity contribution >= 4 is 27.5 Å². The van der Waals surface area contributed by atoms with Crippen LogP contribution in [0.3, 0.4) is 0 Å². The number of amides is 1. The van der Waals surface area contributed by atoms with E-state index < -0.39 is 0 Å². The monoisotopic (exact) mass is 310 g/mol. The van der Waals surface area contributed by atoms with Crippen molar-refractivity contribution in [3.63, 3.8) is 0 Å². The summed E-state index contributed by atoms with van der Waals surface area (Å²) < 4.78 is 2.23. The number of nitrogens with one attached hydrogen (secondary N) is 1. The molecule has 1 fully saturated rings. The Morgan fingerprint density at radius 1 is 1.50 bits per heavy atom. The topological polar surface area (TPSA) is 75.4 Å². The zero-order chi connectivity index (χ0) is 12.5.